The molecule has 0 saturated heterocycles. The third-order valence-electron chi connectivity index (χ3n) is 5.34. The number of nitrogens with one attached hydrogen (secondary N) is 1. The van der Waals surface area contributed by atoms with E-state index in [0.29, 0.717) is 18.1 Å². The van der Waals surface area contributed by atoms with Crippen molar-refractivity contribution >= 4 is 28.3 Å². The summed E-state index contributed by atoms with van der Waals surface area (Å²) in [5.74, 6) is 0.533. The van der Waals surface area contributed by atoms with E-state index >= 15 is 0 Å². The number of hydrogen-bond acceptors (Lipinski definition) is 6. The number of aliphatic hydroxyl groups is 1. The van der Waals surface area contributed by atoms with Crippen LogP contribution in [0.25, 0.3) is 22.0 Å². The van der Waals surface area contributed by atoms with Crippen molar-refractivity contribution in [3.8, 4) is 11.3 Å². The van der Waals surface area contributed by atoms with Crippen LogP contribution in [0.4, 0.5) is 11.6 Å². The highest BCUT2D eigenvalue weighted by Gasteiger charge is 2.54. The lowest BCUT2D eigenvalue weighted by Crippen LogP contribution is -2.19. The zero-order valence-corrected chi connectivity index (χ0v) is 15.2. The van der Waals surface area contributed by atoms with Crippen molar-refractivity contribution in [2.75, 3.05) is 17.7 Å². The predicted molar refractivity (Wildman–Crippen MR) is 104 cm³/mol. The molecule has 3 aromatic heterocycles. The summed E-state index contributed by atoms with van der Waals surface area (Å²) in [6.45, 7) is 3.90. The van der Waals surface area contributed by atoms with Gasteiger partial charge in [-0.2, -0.15) is 0 Å². The van der Waals surface area contributed by atoms with Crippen molar-refractivity contribution in [2.45, 2.75) is 20.3 Å². The quantitative estimate of drug-likeness (QED) is 0.656. The molecule has 1 amide bonds. The molecule has 3 heterocycles. The number of nitrogen functional groups attached to an aromatic ring is 1. The second kappa shape index (κ2) is 6.28. The number of nitrogens with zero attached hydrogens (tertiary/aromatic N) is 3. The Morgan fingerprint density at radius 2 is 2.22 bits per heavy atom. The van der Waals surface area contributed by atoms with Crippen LogP contribution in [0.15, 0.2) is 36.8 Å². The molecule has 1 saturated carbocycles. The van der Waals surface area contributed by atoms with Crippen LogP contribution in [0.2, 0.25) is 0 Å². The van der Waals surface area contributed by atoms with Crippen molar-refractivity contribution in [3.05, 3.63) is 42.4 Å². The normalized spacial score (nSPS) is 21.2. The molecule has 1 aliphatic carbocycles. The van der Waals surface area contributed by atoms with Crippen molar-refractivity contribution in [2.24, 2.45) is 11.3 Å². The van der Waals surface area contributed by atoms with E-state index in [4.69, 9.17) is 5.73 Å². The highest BCUT2D eigenvalue weighted by atomic mass is 16.3. The van der Waals surface area contributed by atoms with E-state index in [-0.39, 0.29) is 23.8 Å². The van der Waals surface area contributed by atoms with E-state index in [1.54, 1.807) is 24.7 Å². The zero-order valence-electron chi connectivity index (χ0n) is 15.2. The van der Waals surface area contributed by atoms with Gasteiger partial charge in [0.1, 0.15) is 11.6 Å². The lowest BCUT2D eigenvalue weighted by atomic mass is 10.1. The van der Waals surface area contributed by atoms with Gasteiger partial charge in [0.25, 0.3) is 0 Å². The van der Waals surface area contributed by atoms with E-state index in [1.807, 2.05) is 26.0 Å². The number of carbonyl (C=O) groups excluding carboxylic acids is 1. The van der Waals surface area contributed by atoms with Crippen LogP contribution in [0.1, 0.15) is 18.9 Å². The van der Waals surface area contributed by atoms with E-state index in [0.717, 1.165) is 27.6 Å². The largest absolute Gasteiger partial charge is 0.396 e. The Kier molecular flexibility index (Phi) is 4.04. The number of hydrogen-bond donors (Lipinski definition) is 3. The highest BCUT2D eigenvalue weighted by Crippen LogP contribution is 2.52. The van der Waals surface area contributed by atoms with E-state index in [2.05, 4.69) is 20.3 Å². The lowest BCUT2D eigenvalue weighted by Gasteiger charge is -2.11. The maximum atomic E-state index is 12.4. The summed E-state index contributed by atoms with van der Waals surface area (Å²) >= 11 is 0. The molecule has 0 aliphatic heterocycles. The molecule has 1 fully saturated rings. The Balaban J connectivity index is 1.67. The molecule has 0 radical (unpaired) electrons. The van der Waals surface area contributed by atoms with E-state index in [1.165, 1.54) is 0 Å². The van der Waals surface area contributed by atoms with Gasteiger partial charge in [-0.1, -0.05) is 6.92 Å². The van der Waals surface area contributed by atoms with Gasteiger partial charge >= 0.3 is 0 Å². The first kappa shape index (κ1) is 17.4. The van der Waals surface area contributed by atoms with Crippen molar-refractivity contribution in [1.82, 2.24) is 15.0 Å². The minimum Gasteiger partial charge on any atom is -0.396 e. The summed E-state index contributed by atoms with van der Waals surface area (Å²) in [6.07, 6.45) is 5.80. The van der Waals surface area contributed by atoms with Crippen LogP contribution in [-0.4, -0.2) is 32.6 Å². The monoisotopic (exact) mass is 363 g/mol. The van der Waals surface area contributed by atoms with Crippen LogP contribution in [0.5, 0.6) is 0 Å². The Morgan fingerprint density at radius 1 is 1.41 bits per heavy atom. The molecule has 138 valence electrons. The van der Waals surface area contributed by atoms with Gasteiger partial charge < -0.3 is 16.2 Å². The maximum absolute atomic E-state index is 12.4. The molecule has 4 N–H and O–H groups in total. The number of pyridine rings is 3. The number of fused-ring (bicyclic) bond motifs is 1. The number of anilines is 2. The molecular weight excluding hydrogens is 342 g/mol. The standard InChI is InChI=1S/C20H21N5O2/c1-11-3-4-22-8-13(11)16-5-12-6-17(23-9-14(12)18(21)24-16)25-19(27)15-7-20(15,2)10-26/h3-6,8-9,15,26H,7,10H2,1-2H3,(H2,21,24)(H,23,25,27). The average molecular weight is 363 g/mol. The molecule has 2 unspecified atom stereocenters. The molecule has 3 aromatic rings. The third kappa shape index (κ3) is 3.10. The van der Waals surface area contributed by atoms with Crippen molar-refractivity contribution in [3.63, 3.8) is 0 Å². The van der Waals surface area contributed by atoms with Crippen LogP contribution >= 0.6 is 0 Å². The van der Waals surface area contributed by atoms with Gasteiger partial charge in [-0.25, -0.2) is 9.97 Å². The Bertz CT molecular complexity index is 1050. The number of aryl methyl sites for hydroxylation is 1. The summed E-state index contributed by atoms with van der Waals surface area (Å²) in [4.78, 5) is 25.3. The van der Waals surface area contributed by atoms with Gasteiger partial charge in [0.2, 0.25) is 5.91 Å². The summed E-state index contributed by atoms with van der Waals surface area (Å²) in [5, 5.41) is 13.8. The molecule has 0 spiro atoms. The van der Waals surface area contributed by atoms with Crippen molar-refractivity contribution in [1.29, 1.82) is 0 Å². The number of nitrogens with two attached hydrogens (primary N) is 1. The molecule has 7 nitrogen and oxygen atoms in total. The first-order chi connectivity index (χ1) is 12.9. The predicted octanol–water partition coefficient (Wildman–Crippen LogP) is 2.54. The molecule has 0 aromatic carbocycles. The molecule has 4 rings (SSSR count). The molecular formula is C20H21N5O2. The first-order valence-electron chi connectivity index (χ1n) is 8.80. The number of rotatable bonds is 4. The number of carbonyl (C=O) groups is 1. The first-order valence-corrected chi connectivity index (χ1v) is 8.80. The molecule has 2 atom stereocenters. The van der Waals surface area contributed by atoms with Gasteiger partial charge in [-0.05, 0) is 42.5 Å². The van der Waals surface area contributed by atoms with Crippen LogP contribution in [0.3, 0.4) is 0 Å². The average Bonchev–Trinajstić information content (AvgIpc) is 3.34. The number of aromatic nitrogens is 3. The second-order valence-corrected chi connectivity index (χ2v) is 7.43. The lowest BCUT2D eigenvalue weighted by molar-refractivity contribution is -0.118. The Hall–Kier alpha value is -3.06. The van der Waals surface area contributed by atoms with Gasteiger partial charge in [-0.15, -0.1) is 0 Å². The molecule has 1 aliphatic rings. The van der Waals surface area contributed by atoms with Gasteiger partial charge in [0, 0.05) is 47.5 Å². The Morgan fingerprint density at radius 3 is 2.93 bits per heavy atom. The summed E-state index contributed by atoms with van der Waals surface area (Å²) in [7, 11) is 0. The van der Waals surface area contributed by atoms with E-state index in [9.17, 15) is 9.90 Å². The van der Waals surface area contributed by atoms with Crippen LogP contribution in [-0.2, 0) is 4.79 Å². The Labute approximate surface area is 156 Å². The van der Waals surface area contributed by atoms with Crippen LogP contribution in [0, 0.1) is 18.3 Å². The summed E-state index contributed by atoms with van der Waals surface area (Å²) in [6, 6.07) is 5.63. The summed E-state index contributed by atoms with van der Waals surface area (Å²) < 4.78 is 0. The van der Waals surface area contributed by atoms with Crippen molar-refractivity contribution < 1.29 is 9.90 Å². The highest BCUT2D eigenvalue weighted by molar-refractivity contribution is 5.98. The number of amides is 1. The topological polar surface area (TPSA) is 114 Å². The fourth-order valence-corrected chi connectivity index (χ4v) is 3.32. The van der Waals surface area contributed by atoms with Gasteiger partial charge in [-0.3, -0.25) is 9.78 Å². The molecule has 0 bridgehead atoms. The minimum atomic E-state index is -0.319. The zero-order chi connectivity index (χ0) is 19.2. The second-order valence-electron chi connectivity index (χ2n) is 7.43. The van der Waals surface area contributed by atoms with E-state index < -0.39 is 0 Å². The summed E-state index contributed by atoms with van der Waals surface area (Å²) in [5.41, 5.74) is 8.49. The van der Waals surface area contributed by atoms with Crippen LogP contribution < -0.4 is 11.1 Å². The van der Waals surface area contributed by atoms with Gasteiger partial charge in [0.15, 0.2) is 0 Å². The smallest absolute Gasteiger partial charge is 0.229 e. The van der Waals surface area contributed by atoms with Gasteiger partial charge in [0.05, 0.1) is 5.69 Å². The molecule has 7 heteroatoms. The SMILES string of the molecule is Cc1ccncc1-c1cc2cc(NC(=O)C3CC3(C)CO)ncc2c(N)n1. The molecule has 27 heavy (non-hydrogen) atoms. The minimum absolute atomic E-state index is 0.00621. The fourth-order valence-electron chi connectivity index (χ4n) is 3.32. The maximum Gasteiger partial charge on any atom is 0.229 e. The fraction of sp³-hybridized carbons (Fsp3) is 0.300. The number of aliphatic hydroxyl groups excluding tert-OH is 1. The third-order valence-corrected chi connectivity index (χ3v) is 5.34.